The fraction of sp³-hybridized carbons (Fsp3) is 0.538. The van der Waals surface area contributed by atoms with Crippen molar-refractivity contribution < 1.29 is 17.9 Å². The Morgan fingerprint density at radius 2 is 2.05 bits per heavy atom. The number of halogens is 1. The zero-order valence-corrected chi connectivity index (χ0v) is 11.5. The van der Waals surface area contributed by atoms with Gasteiger partial charge in [0.15, 0.2) is 0 Å². The summed E-state index contributed by atoms with van der Waals surface area (Å²) < 4.78 is 40.4. The summed E-state index contributed by atoms with van der Waals surface area (Å²) in [5, 5.41) is 9.28. The Morgan fingerprint density at radius 1 is 1.42 bits per heavy atom. The Bertz CT molecular complexity index is 541. The van der Waals surface area contributed by atoms with E-state index in [4.69, 9.17) is 0 Å². The number of hydrogen-bond acceptors (Lipinski definition) is 3. The molecule has 0 heterocycles. The molecule has 1 unspecified atom stereocenters. The summed E-state index contributed by atoms with van der Waals surface area (Å²) in [4.78, 5) is -0.326. The third-order valence-electron chi connectivity index (χ3n) is 3.59. The van der Waals surface area contributed by atoms with Gasteiger partial charge in [-0.1, -0.05) is 19.1 Å². The molecule has 106 valence electrons. The molecule has 1 atom stereocenters. The Labute approximate surface area is 112 Å². The predicted molar refractivity (Wildman–Crippen MR) is 69.5 cm³/mol. The minimum atomic E-state index is -3.85. The van der Waals surface area contributed by atoms with Crippen LogP contribution >= 0.6 is 0 Å². The fourth-order valence-corrected chi connectivity index (χ4v) is 3.86. The van der Waals surface area contributed by atoms with Crippen LogP contribution in [-0.4, -0.2) is 25.7 Å². The smallest absolute Gasteiger partial charge is 0.243 e. The number of nitrogens with one attached hydrogen (secondary N) is 1. The molecule has 0 saturated heterocycles. The average molecular weight is 287 g/mol. The summed E-state index contributed by atoms with van der Waals surface area (Å²) in [5.74, 6) is -0.625. The lowest BCUT2D eigenvalue weighted by atomic mass is 9.77. The van der Waals surface area contributed by atoms with E-state index in [1.54, 1.807) is 0 Å². The topological polar surface area (TPSA) is 66.4 Å². The second-order valence-corrected chi connectivity index (χ2v) is 6.63. The highest BCUT2D eigenvalue weighted by Crippen LogP contribution is 2.32. The molecule has 0 aliphatic heterocycles. The van der Waals surface area contributed by atoms with Crippen LogP contribution in [0.15, 0.2) is 29.2 Å². The van der Waals surface area contributed by atoms with E-state index in [-0.39, 0.29) is 23.0 Å². The van der Waals surface area contributed by atoms with Crippen LogP contribution in [0.5, 0.6) is 0 Å². The Balaban J connectivity index is 2.14. The molecule has 1 saturated carbocycles. The molecular weight excluding hydrogens is 269 g/mol. The number of sulfonamides is 1. The molecule has 1 aliphatic rings. The van der Waals surface area contributed by atoms with Crippen LogP contribution in [0.2, 0.25) is 0 Å². The first-order valence-electron chi connectivity index (χ1n) is 6.39. The molecule has 1 fully saturated rings. The van der Waals surface area contributed by atoms with E-state index in [2.05, 4.69) is 4.72 Å². The van der Waals surface area contributed by atoms with E-state index in [0.29, 0.717) is 19.3 Å². The molecule has 0 spiro atoms. The molecule has 6 heteroatoms. The van der Waals surface area contributed by atoms with E-state index < -0.39 is 15.8 Å². The first kappa shape index (κ1) is 14.4. The van der Waals surface area contributed by atoms with E-state index in [1.165, 1.54) is 18.2 Å². The quantitative estimate of drug-likeness (QED) is 0.865. The molecule has 0 radical (unpaired) electrons. The zero-order chi connectivity index (χ0) is 14.0. The van der Waals surface area contributed by atoms with Crippen molar-refractivity contribution in [1.29, 1.82) is 0 Å². The SMILES string of the molecule is CCC(NS(=O)(=O)c1ccccc1F)C1CC(O)C1. The first-order chi connectivity index (χ1) is 8.94. The van der Waals surface area contributed by atoms with Crippen LogP contribution in [0.1, 0.15) is 26.2 Å². The molecule has 2 rings (SSSR count). The van der Waals surface area contributed by atoms with Gasteiger partial charge in [0.2, 0.25) is 10.0 Å². The second kappa shape index (κ2) is 5.56. The van der Waals surface area contributed by atoms with Crippen molar-refractivity contribution in [2.24, 2.45) is 5.92 Å². The Morgan fingerprint density at radius 3 is 2.58 bits per heavy atom. The van der Waals surface area contributed by atoms with Gasteiger partial charge >= 0.3 is 0 Å². The molecule has 19 heavy (non-hydrogen) atoms. The second-order valence-electron chi connectivity index (χ2n) is 4.95. The van der Waals surface area contributed by atoms with E-state index >= 15 is 0 Å². The average Bonchev–Trinajstić information content (AvgIpc) is 2.33. The number of aliphatic hydroxyl groups excluding tert-OH is 1. The summed E-state index contributed by atoms with van der Waals surface area (Å²) in [7, 11) is -3.85. The number of hydrogen-bond donors (Lipinski definition) is 2. The molecule has 1 aliphatic carbocycles. The van der Waals surface area contributed by atoms with Gasteiger partial charge < -0.3 is 5.11 Å². The molecule has 0 bridgehead atoms. The van der Waals surface area contributed by atoms with Gasteiger partial charge in [0.25, 0.3) is 0 Å². The van der Waals surface area contributed by atoms with Crippen molar-refractivity contribution in [3.8, 4) is 0 Å². The molecule has 2 N–H and O–H groups in total. The molecule has 4 nitrogen and oxygen atoms in total. The van der Waals surface area contributed by atoms with Gasteiger partial charge in [0, 0.05) is 6.04 Å². The van der Waals surface area contributed by atoms with Gasteiger partial charge in [-0.3, -0.25) is 0 Å². The van der Waals surface area contributed by atoms with Gasteiger partial charge in [-0.15, -0.1) is 0 Å². The summed E-state index contributed by atoms with van der Waals surface area (Å²) in [6.45, 7) is 1.87. The maximum Gasteiger partial charge on any atom is 0.243 e. The number of benzene rings is 1. The van der Waals surface area contributed by atoms with Crippen molar-refractivity contribution in [3.05, 3.63) is 30.1 Å². The molecule has 1 aromatic rings. The predicted octanol–water partition coefficient (Wildman–Crippen LogP) is 1.65. The largest absolute Gasteiger partial charge is 0.393 e. The Hall–Kier alpha value is -0.980. The highest BCUT2D eigenvalue weighted by molar-refractivity contribution is 7.89. The van der Waals surface area contributed by atoms with Gasteiger partial charge in [0.1, 0.15) is 10.7 Å². The Kier molecular flexibility index (Phi) is 4.23. The standard InChI is InChI=1S/C13H18FNO3S/c1-2-12(9-7-10(16)8-9)15-19(17,18)13-6-4-3-5-11(13)14/h3-6,9-10,12,15-16H,2,7-8H2,1H3. The lowest BCUT2D eigenvalue weighted by molar-refractivity contribution is 0.0277. The third-order valence-corrected chi connectivity index (χ3v) is 5.11. The van der Waals surface area contributed by atoms with Crippen molar-refractivity contribution in [3.63, 3.8) is 0 Å². The third kappa shape index (κ3) is 3.13. The van der Waals surface area contributed by atoms with Crippen molar-refractivity contribution >= 4 is 10.0 Å². The van der Waals surface area contributed by atoms with Gasteiger partial charge in [-0.25, -0.2) is 17.5 Å². The summed E-state index contributed by atoms with van der Waals surface area (Å²) in [5.41, 5.74) is 0. The lowest BCUT2D eigenvalue weighted by Crippen LogP contribution is -2.46. The van der Waals surface area contributed by atoms with Crippen LogP contribution in [-0.2, 0) is 10.0 Å². The van der Waals surface area contributed by atoms with Crippen LogP contribution in [0.3, 0.4) is 0 Å². The van der Waals surface area contributed by atoms with Crippen LogP contribution in [0, 0.1) is 11.7 Å². The van der Waals surface area contributed by atoms with E-state index in [9.17, 15) is 17.9 Å². The highest BCUT2D eigenvalue weighted by atomic mass is 32.2. The maximum absolute atomic E-state index is 13.5. The minimum Gasteiger partial charge on any atom is -0.393 e. The summed E-state index contributed by atoms with van der Waals surface area (Å²) >= 11 is 0. The van der Waals surface area contributed by atoms with Gasteiger partial charge in [-0.05, 0) is 37.3 Å². The summed E-state index contributed by atoms with van der Waals surface area (Å²) in [6, 6.07) is 5.07. The molecule has 0 aromatic heterocycles. The van der Waals surface area contributed by atoms with Crippen molar-refractivity contribution in [1.82, 2.24) is 4.72 Å². The van der Waals surface area contributed by atoms with Crippen LogP contribution in [0.25, 0.3) is 0 Å². The van der Waals surface area contributed by atoms with E-state index in [0.717, 1.165) is 6.07 Å². The number of aliphatic hydroxyl groups is 1. The maximum atomic E-state index is 13.5. The minimum absolute atomic E-state index is 0.126. The summed E-state index contributed by atoms with van der Waals surface area (Å²) in [6.07, 6.45) is 1.47. The lowest BCUT2D eigenvalue weighted by Gasteiger charge is -2.37. The van der Waals surface area contributed by atoms with Gasteiger partial charge in [-0.2, -0.15) is 0 Å². The van der Waals surface area contributed by atoms with E-state index in [1.807, 2.05) is 6.92 Å². The first-order valence-corrected chi connectivity index (χ1v) is 7.87. The van der Waals surface area contributed by atoms with Crippen molar-refractivity contribution in [2.75, 3.05) is 0 Å². The molecule has 1 aromatic carbocycles. The number of rotatable bonds is 5. The van der Waals surface area contributed by atoms with Gasteiger partial charge in [0.05, 0.1) is 6.10 Å². The highest BCUT2D eigenvalue weighted by Gasteiger charge is 2.35. The monoisotopic (exact) mass is 287 g/mol. The zero-order valence-electron chi connectivity index (χ0n) is 10.7. The van der Waals surface area contributed by atoms with Crippen LogP contribution < -0.4 is 4.72 Å². The molecular formula is C13H18FNO3S. The normalized spacial score (nSPS) is 24.8. The van der Waals surface area contributed by atoms with Crippen molar-refractivity contribution in [2.45, 2.75) is 43.2 Å². The van der Waals surface area contributed by atoms with Crippen LogP contribution in [0.4, 0.5) is 4.39 Å². The molecule has 0 amide bonds. The fourth-order valence-electron chi connectivity index (χ4n) is 2.40.